The van der Waals surface area contributed by atoms with E-state index < -0.39 is 0 Å². The van der Waals surface area contributed by atoms with Crippen molar-refractivity contribution in [2.45, 2.75) is 44.6 Å². The number of hydrogen-bond acceptors (Lipinski definition) is 4. The molecule has 0 bridgehead atoms. The van der Waals surface area contributed by atoms with Gasteiger partial charge in [-0.2, -0.15) is 0 Å². The molecule has 4 heteroatoms. The maximum atomic E-state index is 5.91. The second kappa shape index (κ2) is 6.47. The second-order valence-corrected chi connectivity index (χ2v) is 6.14. The Kier molecular flexibility index (Phi) is 4.95. The molecule has 0 radical (unpaired) electrons. The van der Waals surface area contributed by atoms with Crippen LogP contribution in [-0.2, 0) is 0 Å². The fourth-order valence-electron chi connectivity index (χ4n) is 2.46. The van der Waals surface area contributed by atoms with Crippen molar-refractivity contribution in [2.24, 2.45) is 11.7 Å². The van der Waals surface area contributed by atoms with Crippen LogP contribution in [0, 0.1) is 5.92 Å². The molecule has 1 aliphatic rings. The van der Waals surface area contributed by atoms with Gasteiger partial charge in [-0.3, -0.25) is 0 Å². The zero-order chi connectivity index (χ0) is 12.1. The Bertz CT molecular complexity index is 304. The molecule has 1 unspecified atom stereocenters. The Morgan fingerprint density at radius 1 is 1.47 bits per heavy atom. The summed E-state index contributed by atoms with van der Waals surface area (Å²) in [6.07, 6.45) is 6.88. The van der Waals surface area contributed by atoms with Crippen LogP contribution in [-0.4, -0.2) is 24.1 Å². The maximum Gasteiger partial charge on any atom is 0.0965 e. The summed E-state index contributed by atoms with van der Waals surface area (Å²) in [5, 5.41) is 6.87. The number of hydrogen-bond donors (Lipinski definition) is 2. The summed E-state index contributed by atoms with van der Waals surface area (Å²) in [4.78, 5) is 4.35. The average molecular weight is 253 g/mol. The highest BCUT2D eigenvalue weighted by molar-refractivity contribution is 7.09. The van der Waals surface area contributed by atoms with Crippen LogP contribution in [0.3, 0.4) is 0 Å². The lowest BCUT2D eigenvalue weighted by Crippen LogP contribution is -2.32. The number of aromatic nitrogens is 1. The summed E-state index contributed by atoms with van der Waals surface area (Å²) in [7, 11) is 0. The molecule has 17 heavy (non-hydrogen) atoms. The molecule has 1 atom stereocenters. The summed E-state index contributed by atoms with van der Waals surface area (Å²) < 4.78 is 0. The molecular weight excluding hydrogens is 230 g/mol. The highest BCUT2D eigenvalue weighted by atomic mass is 32.1. The van der Waals surface area contributed by atoms with Crippen LogP contribution in [0.15, 0.2) is 11.6 Å². The minimum atomic E-state index is 0.459. The summed E-state index contributed by atoms with van der Waals surface area (Å²) in [6, 6.07) is 0.459. The first kappa shape index (κ1) is 13.0. The number of thiazole rings is 1. The smallest absolute Gasteiger partial charge is 0.0965 e. The molecule has 0 aliphatic heterocycles. The molecule has 0 amide bonds. The zero-order valence-corrected chi connectivity index (χ0v) is 11.4. The van der Waals surface area contributed by atoms with E-state index in [4.69, 9.17) is 5.73 Å². The van der Waals surface area contributed by atoms with Crippen LogP contribution in [0.1, 0.15) is 43.5 Å². The number of nitrogens with zero attached hydrogens (tertiary/aromatic N) is 1. The van der Waals surface area contributed by atoms with E-state index in [2.05, 4.69) is 17.2 Å². The largest absolute Gasteiger partial charge is 0.328 e. The van der Waals surface area contributed by atoms with Gasteiger partial charge in [0.2, 0.25) is 0 Å². The van der Waals surface area contributed by atoms with Gasteiger partial charge < -0.3 is 11.1 Å². The van der Waals surface area contributed by atoms with E-state index in [1.54, 1.807) is 11.3 Å². The van der Waals surface area contributed by atoms with Crippen molar-refractivity contribution in [2.75, 3.05) is 13.1 Å². The van der Waals surface area contributed by atoms with Crippen molar-refractivity contribution in [3.05, 3.63) is 16.6 Å². The topological polar surface area (TPSA) is 50.9 Å². The Morgan fingerprint density at radius 2 is 2.24 bits per heavy atom. The number of nitrogens with one attached hydrogen (secondary N) is 1. The zero-order valence-electron chi connectivity index (χ0n) is 10.6. The fraction of sp³-hybridized carbons (Fsp3) is 0.769. The maximum absolute atomic E-state index is 5.91. The van der Waals surface area contributed by atoms with Crippen LogP contribution in [0.25, 0.3) is 0 Å². The first-order chi connectivity index (χ1) is 8.25. The Morgan fingerprint density at radius 3 is 2.88 bits per heavy atom. The van der Waals surface area contributed by atoms with Gasteiger partial charge in [-0.05, 0) is 38.1 Å². The summed E-state index contributed by atoms with van der Waals surface area (Å²) in [5.74, 6) is 1.36. The summed E-state index contributed by atoms with van der Waals surface area (Å²) in [6.45, 7) is 4.42. The van der Waals surface area contributed by atoms with Gasteiger partial charge in [0.15, 0.2) is 0 Å². The standard InChI is InChI=1S/C13H23N3S/c1-10(13-16-6-7-17-13)8-15-9-11-2-4-12(14)5-3-11/h6-7,10-12,15H,2-5,8-9,14H2,1H3. The van der Waals surface area contributed by atoms with E-state index in [0.29, 0.717) is 12.0 Å². The highest BCUT2D eigenvalue weighted by Crippen LogP contribution is 2.22. The Hall–Kier alpha value is -0.450. The molecule has 3 N–H and O–H groups in total. The van der Waals surface area contributed by atoms with Gasteiger partial charge in [0.1, 0.15) is 0 Å². The van der Waals surface area contributed by atoms with Crippen molar-refractivity contribution in [3.63, 3.8) is 0 Å². The van der Waals surface area contributed by atoms with Gasteiger partial charge in [0, 0.05) is 30.1 Å². The molecule has 1 aromatic heterocycles. The molecule has 1 aromatic rings. The molecule has 1 aliphatic carbocycles. The van der Waals surface area contributed by atoms with Crippen molar-refractivity contribution >= 4 is 11.3 Å². The van der Waals surface area contributed by atoms with E-state index in [-0.39, 0.29) is 0 Å². The fourth-order valence-corrected chi connectivity index (χ4v) is 3.16. The molecule has 1 heterocycles. The van der Waals surface area contributed by atoms with Gasteiger partial charge >= 0.3 is 0 Å². The lowest BCUT2D eigenvalue weighted by molar-refractivity contribution is 0.313. The van der Waals surface area contributed by atoms with Crippen molar-refractivity contribution in [3.8, 4) is 0 Å². The van der Waals surface area contributed by atoms with Crippen LogP contribution in [0.4, 0.5) is 0 Å². The van der Waals surface area contributed by atoms with Gasteiger partial charge in [-0.15, -0.1) is 11.3 Å². The normalized spacial score (nSPS) is 26.9. The minimum Gasteiger partial charge on any atom is -0.328 e. The SMILES string of the molecule is CC(CNCC1CCC(N)CC1)c1nccs1. The highest BCUT2D eigenvalue weighted by Gasteiger charge is 2.18. The Balaban J connectivity index is 1.63. The van der Waals surface area contributed by atoms with Crippen molar-refractivity contribution in [1.82, 2.24) is 10.3 Å². The predicted molar refractivity (Wildman–Crippen MR) is 73.3 cm³/mol. The van der Waals surface area contributed by atoms with Gasteiger partial charge in [0.25, 0.3) is 0 Å². The molecule has 0 saturated heterocycles. The van der Waals surface area contributed by atoms with E-state index in [1.807, 2.05) is 11.6 Å². The van der Waals surface area contributed by atoms with E-state index in [0.717, 1.165) is 19.0 Å². The lowest BCUT2D eigenvalue weighted by atomic mass is 9.86. The van der Waals surface area contributed by atoms with E-state index >= 15 is 0 Å². The van der Waals surface area contributed by atoms with Gasteiger partial charge in [-0.1, -0.05) is 6.92 Å². The third-order valence-corrected chi connectivity index (χ3v) is 4.66. The quantitative estimate of drug-likeness (QED) is 0.847. The molecule has 2 rings (SSSR count). The molecule has 0 spiro atoms. The second-order valence-electron chi connectivity index (χ2n) is 5.21. The van der Waals surface area contributed by atoms with Crippen molar-refractivity contribution < 1.29 is 0 Å². The molecule has 0 aromatic carbocycles. The van der Waals surface area contributed by atoms with Crippen molar-refractivity contribution in [1.29, 1.82) is 0 Å². The lowest BCUT2D eigenvalue weighted by Gasteiger charge is -2.26. The summed E-state index contributed by atoms with van der Waals surface area (Å²) >= 11 is 1.75. The third-order valence-electron chi connectivity index (χ3n) is 3.65. The van der Waals surface area contributed by atoms with Crippen LogP contribution >= 0.6 is 11.3 Å². The first-order valence-electron chi connectivity index (χ1n) is 6.61. The average Bonchev–Trinajstić information content (AvgIpc) is 2.85. The molecule has 96 valence electrons. The minimum absolute atomic E-state index is 0.459. The van der Waals surface area contributed by atoms with Crippen LogP contribution in [0.2, 0.25) is 0 Å². The summed E-state index contributed by atoms with van der Waals surface area (Å²) in [5.41, 5.74) is 5.91. The Labute approximate surface area is 108 Å². The van der Waals surface area contributed by atoms with E-state index in [1.165, 1.54) is 30.7 Å². The van der Waals surface area contributed by atoms with Gasteiger partial charge in [0.05, 0.1) is 5.01 Å². The molecule has 3 nitrogen and oxygen atoms in total. The number of rotatable bonds is 5. The van der Waals surface area contributed by atoms with E-state index in [9.17, 15) is 0 Å². The predicted octanol–water partition coefficient (Wildman–Crippen LogP) is 2.35. The van der Waals surface area contributed by atoms with Crippen LogP contribution < -0.4 is 11.1 Å². The molecular formula is C13H23N3S. The monoisotopic (exact) mass is 253 g/mol. The van der Waals surface area contributed by atoms with Crippen LogP contribution in [0.5, 0.6) is 0 Å². The number of nitrogens with two attached hydrogens (primary N) is 1. The molecule has 1 fully saturated rings. The third kappa shape index (κ3) is 4.05. The first-order valence-corrected chi connectivity index (χ1v) is 7.49. The molecule has 1 saturated carbocycles. The van der Waals surface area contributed by atoms with Gasteiger partial charge in [-0.25, -0.2) is 4.98 Å².